The first kappa shape index (κ1) is 17.2. The lowest BCUT2D eigenvalue weighted by molar-refractivity contribution is 0.0952. The van der Waals surface area contributed by atoms with Crippen LogP contribution in [-0.2, 0) is 6.54 Å². The average molecular weight is 374 g/mol. The number of pyridine rings is 2. The summed E-state index contributed by atoms with van der Waals surface area (Å²) in [6.07, 6.45) is 1.68. The Kier molecular flexibility index (Phi) is 4.81. The van der Waals surface area contributed by atoms with E-state index in [2.05, 4.69) is 15.3 Å². The zero-order chi connectivity index (χ0) is 18.6. The second-order valence-corrected chi connectivity index (χ2v) is 6.54. The Morgan fingerprint density at radius 1 is 0.963 bits per heavy atom. The number of fused-ring (bicyclic) bond motifs is 1. The van der Waals surface area contributed by atoms with E-state index in [0.29, 0.717) is 22.8 Å². The van der Waals surface area contributed by atoms with Gasteiger partial charge in [0, 0.05) is 28.7 Å². The molecule has 5 heteroatoms. The SMILES string of the molecule is O=C(NCc1cccc(Cl)c1)c1cc(-c2ccccc2)nc2ncccc12. The quantitative estimate of drug-likeness (QED) is 0.554. The van der Waals surface area contributed by atoms with Crippen LogP contribution in [0, 0.1) is 0 Å². The summed E-state index contributed by atoms with van der Waals surface area (Å²) < 4.78 is 0. The smallest absolute Gasteiger partial charge is 0.252 e. The van der Waals surface area contributed by atoms with E-state index in [4.69, 9.17) is 11.6 Å². The molecule has 2 heterocycles. The largest absolute Gasteiger partial charge is 0.348 e. The van der Waals surface area contributed by atoms with Crippen LogP contribution in [0.25, 0.3) is 22.3 Å². The predicted molar refractivity (Wildman–Crippen MR) is 108 cm³/mol. The van der Waals surface area contributed by atoms with Crippen molar-refractivity contribution in [3.63, 3.8) is 0 Å². The van der Waals surface area contributed by atoms with Gasteiger partial charge in [0.25, 0.3) is 5.91 Å². The Bertz CT molecular complexity index is 1110. The van der Waals surface area contributed by atoms with Crippen molar-refractivity contribution in [2.45, 2.75) is 6.54 Å². The van der Waals surface area contributed by atoms with Crippen molar-refractivity contribution in [3.8, 4) is 11.3 Å². The van der Waals surface area contributed by atoms with Crippen molar-refractivity contribution in [1.29, 1.82) is 0 Å². The molecule has 1 N–H and O–H groups in total. The van der Waals surface area contributed by atoms with Crippen LogP contribution < -0.4 is 5.32 Å². The van der Waals surface area contributed by atoms with Gasteiger partial charge in [-0.05, 0) is 35.9 Å². The summed E-state index contributed by atoms with van der Waals surface area (Å²) in [4.78, 5) is 21.8. The Hall–Kier alpha value is -3.24. The predicted octanol–water partition coefficient (Wildman–Crippen LogP) is 4.88. The molecule has 4 aromatic rings. The first-order valence-corrected chi connectivity index (χ1v) is 8.92. The maximum absolute atomic E-state index is 12.9. The van der Waals surface area contributed by atoms with Crippen molar-refractivity contribution in [2.24, 2.45) is 0 Å². The number of carbonyl (C=O) groups is 1. The van der Waals surface area contributed by atoms with Crippen LogP contribution in [0.3, 0.4) is 0 Å². The fourth-order valence-corrected chi connectivity index (χ4v) is 3.14. The molecule has 0 atom stereocenters. The summed E-state index contributed by atoms with van der Waals surface area (Å²) in [5, 5.41) is 4.33. The minimum absolute atomic E-state index is 0.174. The molecule has 0 saturated carbocycles. The van der Waals surface area contributed by atoms with Gasteiger partial charge in [0.1, 0.15) is 0 Å². The van der Waals surface area contributed by atoms with Crippen LogP contribution in [0.1, 0.15) is 15.9 Å². The normalized spacial score (nSPS) is 10.7. The van der Waals surface area contributed by atoms with Crippen molar-refractivity contribution >= 4 is 28.5 Å². The molecule has 0 spiro atoms. The maximum atomic E-state index is 12.9. The van der Waals surface area contributed by atoms with Crippen molar-refractivity contribution in [2.75, 3.05) is 0 Å². The van der Waals surface area contributed by atoms with Gasteiger partial charge in [0.15, 0.2) is 5.65 Å². The molecule has 0 saturated heterocycles. The molecular formula is C22H16ClN3O. The van der Waals surface area contributed by atoms with Gasteiger partial charge in [-0.1, -0.05) is 54.1 Å². The van der Waals surface area contributed by atoms with Gasteiger partial charge in [-0.25, -0.2) is 9.97 Å². The van der Waals surface area contributed by atoms with E-state index in [1.165, 1.54) is 0 Å². The van der Waals surface area contributed by atoms with E-state index in [0.717, 1.165) is 22.2 Å². The molecule has 0 aliphatic carbocycles. The number of amides is 1. The molecule has 0 fully saturated rings. The summed E-state index contributed by atoms with van der Waals surface area (Å²) in [5.41, 5.74) is 3.69. The van der Waals surface area contributed by atoms with Crippen LogP contribution in [0.15, 0.2) is 79.0 Å². The zero-order valence-corrected chi connectivity index (χ0v) is 15.1. The van der Waals surface area contributed by atoms with Gasteiger partial charge in [-0.2, -0.15) is 0 Å². The van der Waals surface area contributed by atoms with E-state index in [-0.39, 0.29) is 5.91 Å². The molecule has 2 aromatic carbocycles. The average Bonchev–Trinajstić information content (AvgIpc) is 2.72. The van der Waals surface area contributed by atoms with E-state index in [1.807, 2.05) is 60.7 Å². The van der Waals surface area contributed by atoms with Gasteiger partial charge in [-0.3, -0.25) is 4.79 Å². The van der Waals surface area contributed by atoms with Crippen LogP contribution in [0.4, 0.5) is 0 Å². The summed E-state index contributed by atoms with van der Waals surface area (Å²) in [5.74, 6) is -0.174. The van der Waals surface area contributed by atoms with Crippen LogP contribution >= 0.6 is 11.6 Å². The maximum Gasteiger partial charge on any atom is 0.252 e. The monoisotopic (exact) mass is 373 g/mol. The lowest BCUT2D eigenvalue weighted by Gasteiger charge is -2.10. The number of halogens is 1. The first-order chi connectivity index (χ1) is 13.2. The fourth-order valence-electron chi connectivity index (χ4n) is 2.93. The van der Waals surface area contributed by atoms with Gasteiger partial charge < -0.3 is 5.32 Å². The molecule has 4 rings (SSSR count). The molecule has 0 bridgehead atoms. The molecule has 0 aliphatic rings. The molecule has 0 unspecified atom stereocenters. The standard InChI is InChI=1S/C22H16ClN3O/c23-17-9-4-6-15(12-17)14-25-22(27)19-13-20(16-7-2-1-3-8-16)26-21-18(19)10-5-11-24-21/h1-13H,14H2,(H,25,27). The highest BCUT2D eigenvalue weighted by molar-refractivity contribution is 6.30. The number of aromatic nitrogens is 2. The van der Waals surface area contributed by atoms with Gasteiger partial charge in [-0.15, -0.1) is 0 Å². The molecule has 4 nitrogen and oxygen atoms in total. The minimum Gasteiger partial charge on any atom is -0.348 e. The third-order valence-corrected chi connectivity index (χ3v) is 4.48. The zero-order valence-electron chi connectivity index (χ0n) is 14.4. The number of nitrogens with zero attached hydrogens (tertiary/aromatic N) is 2. The van der Waals surface area contributed by atoms with Gasteiger partial charge >= 0.3 is 0 Å². The van der Waals surface area contributed by atoms with Crippen LogP contribution in [0.2, 0.25) is 5.02 Å². The Labute approximate surface area is 161 Å². The van der Waals surface area contributed by atoms with Crippen molar-refractivity contribution in [1.82, 2.24) is 15.3 Å². The number of benzene rings is 2. The summed E-state index contributed by atoms with van der Waals surface area (Å²) in [6.45, 7) is 0.393. The van der Waals surface area contributed by atoms with Crippen molar-refractivity contribution < 1.29 is 4.79 Å². The highest BCUT2D eigenvalue weighted by atomic mass is 35.5. The molecule has 132 valence electrons. The van der Waals surface area contributed by atoms with E-state index in [1.54, 1.807) is 18.3 Å². The van der Waals surface area contributed by atoms with E-state index in [9.17, 15) is 4.79 Å². The number of rotatable bonds is 4. The summed E-state index contributed by atoms with van der Waals surface area (Å²) >= 11 is 6.01. The highest BCUT2D eigenvalue weighted by Crippen LogP contribution is 2.23. The number of carbonyl (C=O) groups excluding carboxylic acids is 1. The first-order valence-electron chi connectivity index (χ1n) is 8.54. The Balaban J connectivity index is 1.70. The molecule has 27 heavy (non-hydrogen) atoms. The Morgan fingerprint density at radius 2 is 1.81 bits per heavy atom. The lowest BCUT2D eigenvalue weighted by Crippen LogP contribution is -2.23. The van der Waals surface area contributed by atoms with E-state index >= 15 is 0 Å². The number of hydrogen-bond donors (Lipinski definition) is 1. The molecule has 0 aliphatic heterocycles. The summed E-state index contributed by atoms with van der Waals surface area (Å²) in [7, 11) is 0. The third kappa shape index (κ3) is 3.81. The summed E-state index contributed by atoms with van der Waals surface area (Å²) in [6, 6.07) is 22.7. The van der Waals surface area contributed by atoms with Gasteiger partial charge in [0.05, 0.1) is 11.3 Å². The third-order valence-electron chi connectivity index (χ3n) is 4.24. The Morgan fingerprint density at radius 3 is 2.63 bits per heavy atom. The van der Waals surface area contributed by atoms with Crippen LogP contribution in [-0.4, -0.2) is 15.9 Å². The second-order valence-electron chi connectivity index (χ2n) is 6.11. The van der Waals surface area contributed by atoms with Crippen molar-refractivity contribution in [3.05, 3.63) is 95.1 Å². The lowest BCUT2D eigenvalue weighted by atomic mass is 10.1. The molecule has 2 aromatic heterocycles. The fraction of sp³-hybridized carbons (Fsp3) is 0.0455. The second kappa shape index (κ2) is 7.56. The molecule has 1 amide bonds. The minimum atomic E-state index is -0.174. The topological polar surface area (TPSA) is 54.9 Å². The number of nitrogens with one attached hydrogen (secondary N) is 1. The van der Waals surface area contributed by atoms with Crippen LogP contribution in [0.5, 0.6) is 0 Å². The van der Waals surface area contributed by atoms with E-state index < -0.39 is 0 Å². The molecule has 0 radical (unpaired) electrons. The number of hydrogen-bond acceptors (Lipinski definition) is 3. The molecular weight excluding hydrogens is 358 g/mol. The van der Waals surface area contributed by atoms with Gasteiger partial charge in [0.2, 0.25) is 0 Å². The highest BCUT2D eigenvalue weighted by Gasteiger charge is 2.14.